The lowest BCUT2D eigenvalue weighted by atomic mass is 9.91. The highest BCUT2D eigenvalue weighted by Crippen LogP contribution is 2.37. The van der Waals surface area contributed by atoms with E-state index in [9.17, 15) is 22.8 Å². The predicted molar refractivity (Wildman–Crippen MR) is 90.0 cm³/mol. The molecule has 2 amide bonds. The second-order valence-corrected chi connectivity index (χ2v) is 7.49. The van der Waals surface area contributed by atoms with Gasteiger partial charge in [-0.2, -0.15) is 18.3 Å². The monoisotopic (exact) mass is 406 g/mol. The van der Waals surface area contributed by atoms with Crippen LogP contribution >= 0.6 is 22.9 Å². The van der Waals surface area contributed by atoms with Crippen molar-refractivity contribution in [3.8, 4) is 0 Å². The number of likely N-dealkylation sites (N-methyl/N-ethyl adjacent to an activating group) is 1. The van der Waals surface area contributed by atoms with Gasteiger partial charge in [-0.3, -0.25) is 14.3 Å². The van der Waals surface area contributed by atoms with E-state index < -0.39 is 35.5 Å². The van der Waals surface area contributed by atoms with Crippen LogP contribution < -0.4 is 5.32 Å². The van der Waals surface area contributed by atoms with E-state index >= 15 is 0 Å². The molecule has 0 saturated carbocycles. The van der Waals surface area contributed by atoms with Crippen LogP contribution in [0, 0.1) is 5.92 Å². The summed E-state index contributed by atoms with van der Waals surface area (Å²) >= 11 is 7.16. The summed E-state index contributed by atoms with van der Waals surface area (Å²) in [5.41, 5.74) is -0.525. The number of aryl methyl sites for hydroxylation is 1. The van der Waals surface area contributed by atoms with Gasteiger partial charge in [-0.1, -0.05) is 11.6 Å². The van der Waals surface area contributed by atoms with Crippen LogP contribution in [0.2, 0.25) is 4.34 Å². The van der Waals surface area contributed by atoms with Crippen molar-refractivity contribution in [2.45, 2.75) is 12.1 Å². The molecule has 1 saturated heterocycles. The maximum atomic E-state index is 13.0. The molecule has 3 heterocycles. The van der Waals surface area contributed by atoms with Crippen molar-refractivity contribution < 1.29 is 22.8 Å². The van der Waals surface area contributed by atoms with Crippen molar-refractivity contribution in [1.29, 1.82) is 0 Å². The van der Waals surface area contributed by atoms with Gasteiger partial charge >= 0.3 is 6.18 Å². The number of alkyl halides is 3. The molecule has 26 heavy (non-hydrogen) atoms. The van der Waals surface area contributed by atoms with Crippen LogP contribution in [0.1, 0.15) is 17.3 Å². The van der Waals surface area contributed by atoms with Crippen LogP contribution in [0.4, 0.5) is 18.9 Å². The highest BCUT2D eigenvalue weighted by atomic mass is 35.5. The number of halogens is 4. The van der Waals surface area contributed by atoms with E-state index in [0.717, 1.165) is 6.07 Å². The molecule has 0 spiro atoms. The Morgan fingerprint density at radius 3 is 2.65 bits per heavy atom. The van der Waals surface area contributed by atoms with Crippen LogP contribution in [-0.4, -0.2) is 40.1 Å². The number of carbonyl (C=O) groups excluding carboxylic acids is 2. The Bertz CT molecular complexity index is 863. The van der Waals surface area contributed by atoms with Gasteiger partial charge in [0.15, 0.2) is 0 Å². The molecule has 2 atom stereocenters. The second-order valence-electron chi connectivity index (χ2n) is 5.98. The molecular formula is C15H14ClF3N4O2S. The number of amides is 2. The minimum Gasteiger partial charge on any atom is -0.344 e. The number of thiophene rings is 1. The first kappa shape index (κ1) is 18.7. The summed E-state index contributed by atoms with van der Waals surface area (Å²) in [5, 5.41) is 8.13. The van der Waals surface area contributed by atoms with Gasteiger partial charge in [0.25, 0.3) is 0 Å². The summed E-state index contributed by atoms with van der Waals surface area (Å²) < 4.78 is 40.1. The minimum atomic E-state index is -4.57. The average molecular weight is 407 g/mol. The lowest BCUT2D eigenvalue weighted by molar-refractivity contribution is -0.143. The number of anilines is 1. The highest BCUT2D eigenvalue weighted by molar-refractivity contribution is 7.15. The van der Waals surface area contributed by atoms with Gasteiger partial charge in [-0.15, -0.1) is 11.3 Å². The average Bonchev–Trinajstić information content (AvgIpc) is 3.19. The van der Waals surface area contributed by atoms with E-state index in [4.69, 9.17) is 11.6 Å². The zero-order chi connectivity index (χ0) is 19.2. The van der Waals surface area contributed by atoms with Gasteiger partial charge < -0.3 is 10.2 Å². The largest absolute Gasteiger partial charge is 0.433 e. The third-order valence-corrected chi connectivity index (χ3v) is 5.41. The van der Waals surface area contributed by atoms with Gasteiger partial charge in [0.05, 0.1) is 11.4 Å². The number of hydrogen-bond donors (Lipinski definition) is 1. The SMILES string of the molecule is CN1C[C@H](c2cc(C(F)(F)F)n(C)n2)[C@@H](C(=O)Nc2ccsc2Cl)C1=O. The first-order valence-electron chi connectivity index (χ1n) is 7.49. The molecule has 2 aromatic rings. The Kier molecular flexibility index (Phi) is 4.74. The van der Waals surface area contributed by atoms with E-state index in [1.165, 1.54) is 30.3 Å². The first-order chi connectivity index (χ1) is 12.1. The Balaban J connectivity index is 1.92. The third kappa shape index (κ3) is 3.30. The van der Waals surface area contributed by atoms with Gasteiger partial charge in [-0.25, -0.2) is 0 Å². The van der Waals surface area contributed by atoms with Gasteiger partial charge in [0.1, 0.15) is 15.9 Å². The number of aromatic nitrogens is 2. The van der Waals surface area contributed by atoms with Crippen LogP contribution in [0.3, 0.4) is 0 Å². The Morgan fingerprint density at radius 2 is 2.12 bits per heavy atom. The second kappa shape index (κ2) is 6.58. The van der Waals surface area contributed by atoms with E-state index in [0.29, 0.717) is 14.7 Å². The normalized spacial score (nSPS) is 20.7. The van der Waals surface area contributed by atoms with E-state index in [2.05, 4.69) is 10.4 Å². The molecule has 1 N–H and O–H groups in total. The summed E-state index contributed by atoms with van der Waals surface area (Å²) in [5.74, 6) is -3.05. The zero-order valence-corrected chi connectivity index (χ0v) is 15.2. The summed E-state index contributed by atoms with van der Waals surface area (Å²) in [4.78, 5) is 26.3. The van der Waals surface area contributed by atoms with Crippen molar-refractivity contribution in [1.82, 2.24) is 14.7 Å². The Morgan fingerprint density at radius 1 is 1.42 bits per heavy atom. The minimum absolute atomic E-state index is 0.0501. The highest BCUT2D eigenvalue weighted by Gasteiger charge is 2.46. The fraction of sp³-hybridized carbons (Fsp3) is 0.400. The van der Waals surface area contributed by atoms with Crippen molar-refractivity contribution in [3.05, 3.63) is 33.2 Å². The summed E-state index contributed by atoms with van der Waals surface area (Å²) in [6, 6.07) is 2.47. The zero-order valence-electron chi connectivity index (χ0n) is 13.7. The summed E-state index contributed by atoms with van der Waals surface area (Å²) in [6.45, 7) is 0.0998. The molecule has 1 aliphatic heterocycles. The molecule has 6 nitrogen and oxygen atoms in total. The van der Waals surface area contributed by atoms with Crippen LogP contribution in [0.5, 0.6) is 0 Å². The molecule has 140 valence electrons. The van der Waals surface area contributed by atoms with Crippen LogP contribution in [0.15, 0.2) is 17.5 Å². The van der Waals surface area contributed by atoms with Gasteiger partial charge in [0, 0.05) is 26.6 Å². The lowest BCUT2D eigenvalue weighted by Crippen LogP contribution is -2.32. The van der Waals surface area contributed by atoms with Crippen molar-refractivity contribution >= 4 is 40.4 Å². The fourth-order valence-electron chi connectivity index (χ4n) is 2.99. The van der Waals surface area contributed by atoms with Crippen molar-refractivity contribution in [3.63, 3.8) is 0 Å². The molecule has 0 radical (unpaired) electrons. The smallest absolute Gasteiger partial charge is 0.344 e. The molecule has 2 aromatic heterocycles. The van der Waals surface area contributed by atoms with Crippen LogP contribution in [-0.2, 0) is 22.8 Å². The Hall–Kier alpha value is -2.07. The number of carbonyl (C=O) groups is 2. The number of hydrogen-bond acceptors (Lipinski definition) is 4. The molecular weight excluding hydrogens is 393 g/mol. The molecule has 0 bridgehead atoms. The van der Waals surface area contributed by atoms with E-state index in [1.54, 1.807) is 11.4 Å². The predicted octanol–water partition coefficient (Wildman–Crippen LogP) is 2.96. The number of nitrogens with one attached hydrogen (secondary N) is 1. The third-order valence-electron chi connectivity index (χ3n) is 4.24. The van der Waals surface area contributed by atoms with Gasteiger partial charge in [-0.05, 0) is 17.5 Å². The standard InChI is InChI=1S/C15H14ClF3N4O2S/c1-22-6-7(9-5-10(15(17,18)19)23(2)21-9)11(14(22)25)13(24)20-8-3-4-26-12(8)16/h3-5,7,11H,6H2,1-2H3,(H,20,24)/t7-,11+/m1/s1. The van der Waals surface area contributed by atoms with Gasteiger partial charge in [0.2, 0.25) is 11.8 Å². The van der Waals surface area contributed by atoms with Crippen LogP contribution in [0.25, 0.3) is 0 Å². The maximum absolute atomic E-state index is 13.0. The fourth-order valence-corrected chi connectivity index (χ4v) is 3.82. The topological polar surface area (TPSA) is 67.2 Å². The molecule has 0 aliphatic carbocycles. The Labute approximate surface area is 155 Å². The lowest BCUT2D eigenvalue weighted by Gasteiger charge is -2.14. The molecule has 1 aliphatic rings. The first-order valence-corrected chi connectivity index (χ1v) is 8.75. The number of nitrogens with zero attached hydrogens (tertiary/aromatic N) is 3. The number of rotatable bonds is 3. The molecule has 1 fully saturated rings. The van der Waals surface area contributed by atoms with E-state index in [-0.39, 0.29) is 12.2 Å². The quantitative estimate of drug-likeness (QED) is 0.797. The number of likely N-dealkylation sites (tertiary alicyclic amines) is 1. The molecule has 0 aromatic carbocycles. The summed E-state index contributed by atoms with van der Waals surface area (Å²) in [7, 11) is 2.67. The molecule has 11 heteroatoms. The van der Waals surface area contributed by atoms with Crippen molar-refractivity contribution in [2.75, 3.05) is 18.9 Å². The molecule has 3 rings (SSSR count). The maximum Gasteiger partial charge on any atom is 0.433 e. The van der Waals surface area contributed by atoms with E-state index in [1.807, 2.05) is 0 Å². The molecule has 0 unspecified atom stereocenters. The van der Waals surface area contributed by atoms with Crippen molar-refractivity contribution in [2.24, 2.45) is 13.0 Å². The summed E-state index contributed by atoms with van der Waals surface area (Å²) in [6.07, 6.45) is -4.57.